The summed E-state index contributed by atoms with van der Waals surface area (Å²) in [6.45, 7) is 15.1. The highest BCUT2D eigenvalue weighted by Crippen LogP contribution is 1.91. The molecule has 0 aromatic carbocycles. The predicted molar refractivity (Wildman–Crippen MR) is 97.5 cm³/mol. The largest absolute Gasteiger partial charge is 0.381 e. The second-order valence-corrected chi connectivity index (χ2v) is 4.47. The van der Waals surface area contributed by atoms with E-state index in [-0.39, 0.29) is 5.91 Å². The first-order chi connectivity index (χ1) is 10.7. The summed E-state index contributed by atoms with van der Waals surface area (Å²) in [5.74, 6) is 0.122. The van der Waals surface area contributed by atoms with Crippen molar-refractivity contribution >= 4 is 5.91 Å². The summed E-state index contributed by atoms with van der Waals surface area (Å²) in [7, 11) is 4.00. The minimum atomic E-state index is 0.122. The zero-order valence-corrected chi connectivity index (χ0v) is 16.1. The first-order valence-electron chi connectivity index (χ1n) is 8.88. The number of hydrogen-bond acceptors (Lipinski definition) is 4. The predicted octanol–water partition coefficient (Wildman–Crippen LogP) is 2.51. The second kappa shape index (κ2) is 25.3. The molecule has 2 N–H and O–H groups in total. The smallest absolute Gasteiger partial charge is 0.220 e. The first-order valence-corrected chi connectivity index (χ1v) is 8.88. The van der Waals surface area contributed by atoms with Gasteiger partial charge in [-0.2, -0.15) is 0 Å². The van der Waals surface area contributed by atoms with Gasteiger partial charge in [-0.05, 0) is 26.9 Å². The number of rotatable bonds is 12. The van der Waals surface area contributed by atoms with Gasteiger partial charge in [0.25, 0.3) is 0 Å². The van der Waals surface area contributed by atoms with E-state index >= 15 is 0 Å². The van der Waals surface area contributed by atoms with Crippen molar-refractivity contribution in [3.63, 3.8) is 0 Å². The zero-order chi connectivity index (χ0) is 17.6. The van der Waals surface area contributed by atoms with Crippen molar-refractivity contribution in [3.05, 3.63) is 0 Å². The summed E-state index contributed by atoms with van der Waals surface area (Å²) in [5.41, 5.74) is 0. The topological polar surface area (TPSA) is 53.6 Å². The van der Waals surface area contributed by atoms with Gasteiger partial charge in [0.2, 0.25) is 5.91 Å². The molecule has 22 heavy (non-hydrogen) atoms. The number of ether oxygens (including phenoxy) is 1. The Morgan fingerprint density at radius 3 is 2.18 bits per heavy atom. The van der Waals surface area contributed by atoms with Gasteiger partial charge in [-0.15, -0.1) is 0 Å². The SMILES string of the molecule is CC.CC.CCCOCCCC(=O)NCCN(C)CCNC. The Balaban J connectivity index is -0.000000826. The van der Waals surface area contributed by atoms with E-state index < -0.39 is 0 Å². The maximum absolute atomic E-state index is 11.5. The molecule has 0 heterocycles. The molecule has 0 radical (unpaired) electrons. The van der Waals surface area contributed by atoms with Gasteiger partial charge in [-0.25, -0.2) is 0 Å². The standard InChI is InChI=1S/C13H29N3O2.2C2H6/c1-4-11-18-12-5-6-13(17)15-8-10-16(3)9-7-14-2;2*1-2/h14H,4-12H2,1-3H3,(H,15,17);2*1-2H3. The van der Waals surface area contributed by atoms with Crippen LogP contribution in [0.1, 0.15) is 53.9 Å². The van der Waals surface area contributed by atoms with Gasteiger partial charge in [0, 0.05) is 45.8 Å². The van der Waals surface area contributed by atoms with E-state index in [2.05, 4.69) is 29.5 Å². The Bertz CT molecular complexity index is 202. The van der Waals surface area contributed by atoms with Crippen molar-refractivity contribution in [2.45, 2.75) is 53.9 Å². The lowest BCUT2D eigenvalue weighted by Crippen LogP contribution is -2.35. The number of likely N-dealkylation sites (N-methyl/N-ethyl adjacent to an activating group) is 2. The van der Waals surface area contributed by atoms with Crippen molar-refractivity contribution < 1.29 is 9.53 Å². The van der Waals surface area contributed by atoms with Gasteiger partial charge in [0.1, 0.15) is 0 Å². The molecule has 136 valence electrons. The molecule has 0 aromatic heterocycles. The van der Waals surface area contributed by atoms with Gasteiger partial charge in [0.05, 0.1) is 0 Å². The summed E-state index contributed by atoms with van der Waals surface area (Å²) in [6.07, 6.45) is 2.40. The molecule has 0 unspecified atom stereocenters. The van der Waals surface area contributed by atoms with Gasteiger partial charge in [-0.3, -0.25) is 4.79 Å². The van der Waals surface area contributed by atoms with E-state index in [9.17, 15) is 4.79 Å². The highest BCUT2D eigenvalue weighted by molar-refractivity contribution is 5.75. The van der Waals surface area contributed by atoms with Crippen LogP contribution in [0.4, 0.5) is 0 Å². The highest BCUT2D eigenvalue weighted by Gasteiger charge is 2.02. The molecule has 1 amide bonds. The molecule has 0 aromatic rings. The molecule has 5 heteroatoms. The van der Waals surface area contributed by atoms with E-state index in [4.69, 9.17) is 4.74 Å². The third kappa shape index (κ3) is 24.4. The maximum atomic E-state index is 11.5. The minimum absolute atomic E-state index is 0.122. The lowest BCUT2D eigenvalue weighted by atomic mass is 10.3. The lowest BCUT2D eigenvalue weighted by molar-refractivity contribution is -0.121. The van der Waals surface area contributed by atoms with Gasteiger partial charge < -0.3 is 20.3 Å². The molecule has 0 aliphatic heterocycles. The van der Waals surface area contributed by atoms with Crippen LogP contribution in [0.3, 0.4) is 0 Å². The Hall–Kier alpha value is -0.650. The van der Waals surface area contributed by atoms with Crippen LogP contribution in [0.2, 0.25) is 0 Å². The van der Waals surface area contributed by atoms with E-state index in [1.807, 2.05) is 34.7 Å². The Labute approximate surface area is 139 Å². The van der Waals surface area contributed by atoms with Crippen LogP contribution in [0.25, 0.3) is 0 Å². The summed E-state index contributed by atoms with van der Waals surface area (Å²) in [4.78, 5) is 13.7. The summed E-state index contributed by atoms with van der Waals surface area (Å²) in [6, 6.07) is 0. The molecule has 0 aliphatic rings. The van der Waals surface area contributed by atoms with Crippen molar-refractivity contribution in [2.75, 3.05) is 53.5 Å². The van der Waals surface area contributed by atoms with Crippen molar-refractivity contribution in [2.24, 2.45) is 0 Å². The Morgan fingerprint density at radius 2 is 1.64 bits per heavy atom. The summed E-state index contributed by atoms with van der Waals surface area (Å²) < 4.78 is 5.33. The van der Waals surface area contributed by atoms with Crippen LogP contribution in [0.5, 0.6) is 0 Å². The third-order valence-corrected chi connectivity index (χ3v) is 2.60. The fourth-order valence-corrected chi connectivity index (χ4v) is 1.47. The van der Waals surface area contributed by atoms with Crippen LogP contribution in [-0.2, 0) is 9.53 Å². The minimum Gasteiger partial charge on any atom is -0.381 e. The molecule has 0 saturated heterocycles. The van der Waals surface area contributed by atoms with E-state index in [1.165, 1.54) is 0 Å². The normalized spacial score (nSPS) is 9.45. The Kier molecular flexibility index (Phi) is 30.2. The van der Waals surface area contributed by atoms with Crippen LogP contribution in [0.15, 0.2) is 0 Å². The van der Waals surface area contributed by atoms with Gasteiger partial charge >= 0.3 is 0 Å². The van der Waals surface area contributed by atoms with E-state index in [0.29, 0.717) is 13.0 Å². The van der Waals surface area contributed by atoms with Crippen molar-refractivity contribution in [1.29, 1.82) is 0 Å². The maximum Gasteiger partial charge on any atom is 0.220 e. The molecular weight excluding hydrogens is 278 g/mol. The molecule has 0 aliphatic carbocycles. The average Bonchev–Trinajstić information content (AvgIpc) is 2.56. The highest BCUT2D eigenvalue weighted by atomic mass is 16.5. The van der Waals surface area contributed by atoms with Gasteiger partial charge in [0.15, 0.2) is 0 Å². The average molecular weight is 320 g/mol. The first kappa shape index (κ1) is 26.3. The molecule has 0 saturated carbocycles. The molecule has 0 atom stereocenters. The van der Waals surface area contributed by atoms with Gasteiger partial charge in [-0.1, -0.05) is 34.6 Å². The number of carbonyl (C=O) groups is 1. The molecule has 5 nitrogen and oxygen atoms in total. The number of hydrogen-bond donors (Lipinski definition) is 2. The zero-order valence-electron chi connectivity index (χ0n) is 16.1. The summed E-state index contributed by atoms with van der Waals surface area (Å²) in [5, 5.41) is 6.02. The second-order valence-electron chi connectivity index (χ2n) is 4.47. The molecule has 0 fully saturated rings. The fourth-order valence-electron chi connectivity index (χ4n) is 1.47. The van der Waals surface area contributed by atoms with E-state index in [1.54, 1.807) is 0 Å². The number of amides is 1. The fraction of sp³-hybridized carbons (Fsp3) is 0.941. The Morgan fingerprint density at radius 1 is 1.05 bits per heavy atom. The lowest BCUT2D eigenvalue weighted by Gasteiger charge is -2.16. The number of nitrogens with one attached hydrogen (secondary N) is 2. The third-order valence-electron chi connectivity index (χ3n) is 2.60. The quantitative estimate of drug-likeness (QED) is 0.543. The number of carbonyl (C=O) groups excluding carboxylic acids is 1. The molecule has 0 bridgehead atoms. The monoisotopic (exact) mass is 319 g/mol. The van der Waals surface area contributed by atoms with Crippen LogP contribution in [-0.4, -0.2) is 64.3 Å². The molecular formula is C17H41N3O2. The molecule has 0 spiro atoms. The van der Waals surface area contributed by atoms with Crippen LogP contribution >= 0.6 is 0 Å². The van der Waals surface area contributed by atoms with Crippen molar-refractivity contribution in [3.8, 4) is 0 Å². The van der Waals surface area contributed by atoms with Crippen molar-refractivity contribution in [1.82, 2.24) is 15.5 Å². The number of nitrogens with zero attached hydrogens (tertiary/aromatic N) is 1. The summed E-state index contributed by atoms with van der Waals surface area (Å²) >= 11 is 0. The van der Waals surface area contributed by atoms with E-state index in [0.717, 1.165) is 45.6 Å². The van der Waals surface area contributed by atoms with Crippen LogP contribution in [0, 0.1) is 0 Å². The van der Waals surface area contributed by atoms with Crippen LogP contribution < -0.4 is 10.6 Å². The molecule has 0 rings (SSSR count).